The maximum atomic E-state index is 5.43. The second-order valence-corrected chi connectivity index (χ2v) is 3.96. The van der Waals surface area contributed by atoms with Gasteiger partial charge in [-0.2, -0.15) is 0 Å². The summed E-state index contributed by atoms with van der Waals surface area (Å²) in [4.78, 5) is 5.40. The lowest BCUT2D eigenvalue weighted by molar-refractivity contribution is 1.08. The number of hydrogen-bond acceptors (Lipinski definition) is 3. The van der Waals surface area contributed by atoms with Crippen LogP contribution >= 0.6 is 33.9 Å². The zero-order valence-corrected chi connectivity index (χ0v) is 7.99. The third-order valence-electron chi connectivity index (χ3n) is 0.942. The Morgan fingerprint density at radius 1 is 1.78 bits per heavy atom. The smallest absolute Gasteiger partial charge is 0.117 e. The standard InChI is InChI=1S/C5H7IN2S/c1-3-8-5(6)4(2-7)9-3/h2,7H2,1H3. The number of thiazole rings is 1. The molecule has 1 rings (SSSR count). The highest BCUT2D eigenvalue weighted by atomic mass is 127. The van der Waals surface area contributed by atoms with Gasteiger partial charge in [-0.15, -0.1) is 11.3 Å². The van der Waals surface area contributed by atoms with Crippen molar-refractivity contribution in [1.29, 1.82) is 0 Å². The van der Waals surface area contributed by atoms with E-state index in [1.807, 2.05) is 6.92 Å². The fourth-order valence-corrected chi connectivity index (χ4v) is 2.35. The Kier molecular flexibility index (Phi) is 2.42. The average molecular weight is 254 g/mol. The predicted molar refractivity (Wildman–Crippen MR) is 47.5 cm³/mol. The Labute approximate surface area is 71.6 Å². The summed E-state index contributed by atoms with van der Waals surface area (Å²) in [6.45, 7) is 2.61. The minimum atomic E-state index is 0.615. The van der Waals surface area contributed by atoms with Gasteiger partial charge in [-0.1, -0.05) is 0 Å². The van der Waals surface area contributed by atoms with Gasteiger partial charge in [0, 0.05) is 6.54 Å². The minimum absolute atomic E-state index is 0.615. The molecule has 0 saturated heterocycles. The summed E-state index contributed by atoms with van der Waals surface area (Å²) in [6, 6.07) is 0. The van der Waals surface area contributed by atoms with Crippen molar-refractivity contribution in [3.8, 4) is 0 Å². The summed E-state index contributed by atoms with van der Waals surface area (Å²) < 4.78 is 1.05. The molecule has 0 aliphatic heterocycles. The van der Waals surface area contributed by atoms with E-state index in [2.05, 4.69) is 27.6 Å². The highest BCUT2D eigenvalue weighted by Gasteiger charge is 2.01. The highest BCUT2D eigenvalue weighted by molar-refractivity contribution is 14.1. The van der Waals surface area contributed by atoms with Crippen molar-refractivity contribution in [2.75, 3.05) is 0 Å². The lowest BCUT2D eigenvalue weighted by Gasteiger charge is -1.84. The second-order valence-electron chi connectivity index (χ2n) is 1.65. The van der Waals surface area contributed by atoms with Gasteiger partial charge in [0.1, 0.15) is 3.70 Å². The van der Waals surface area contributed by atoms with E-state index in [0.29, 0.717) is 6.54 Å². The number of nitrogens with two attached hydrogens (primary N) is 1. The molecule has 0 radical (unpaired) electrons. The summed E-state index contributed by atoms with van der Waals surface area (Å²) >= 11 is 3.87. The van der Waals surface area contributed by atoms with Gasteiger partial charge in [-0.05, 0) is 29.5 Å². The van der Waals surface area contributed by atoms with Gasteiger partial charge < -0.3 is 5.73 Å². The van der Waals surface area contributed by atoms with Crippen LogP contribution in [-0.4, -0.2) is 4.98 Å². The third kappa shape index (κ3) is 1.62. The Balaban J connectivity index is 3.01. The van der Waals surface area contributed by atoms with E-state index in [9.17, 15) is 0 Å². The molecule has 4 heteroatoms. The van der Waals surface area contributed by atoms with Gasteiger partial charge in [0.25, 0.3) is 0 Å². The van der Waals surface area contributed by atoms with Crippen LogP contribution in [0.15, 0.2) is 0 Å². The molecule has 0 bridgehead atoms. The molecule has 9 heavy (non-hydrogen) atoms. The topological polar surface area (TPSA) is 38.9 Å². The zero-order valence-electron chi connectivity index (χ0n) is 5.02. The Hall–Kier alpha value is 0.320. The Morgan fingerprint density at radius 3 is 2.67 bits per heavy atom. The lowest BCUT2D eigenvalue weighted by Crippen LogP contribution is -1.94. The van der Waals surface area contributed by atoms with Crippen molar-refractivity contribution in [2.45, 2.75) is 13.5 Å². The zero-order chi connectivity index (χ0) is 6.85. The van der Waals surface area contributed by atoms with E-state index in [1.54, 1.807) is 11.3 Å². The van der Waals surface area contributed by atoms with Crippen molar-refractivity contribution in [2.24, 2.45) is 5.73 Å². The molecule has 0 aliphatic rings. The van der Waals surface area contributed by atoms with E-state index in [0.717, 1.165) is 8.71 Å². The van der Waals surface area contributed by atoms with Crippen molar-refractivity contribution in [3.63, 3.8) is 0 Å². The molecule has 0 fully saturated rings. The molecule has 0 atom stereocenters. The van der Waals surface area contributed by atoms with Crippen LogP contribution in [0.25, 0.3) is 0 Å². The van der Waals surface area contributed by atoms with E-state index in [-0.39, 0.29) is 0 Å². The number of nitrogens with zero attached hydrogens (tertiary/aromatic N) is 1. The first-order valence-electron chi connectivity index (χ1n) is 2.56. The summed E-state index contributed by atoms with van der Waals surface area (Å²) in [5.41, 5.74) is 5.43. The first-order chi connectivity index (χ1) is 4.24. The molecule has 0 amide bonds. The first-order valence-corrected chi connectivity index (χ1v) is 4.45. The van der Waals surface area contributed by atoms with Crippen molar-refractivity contribution >= 4 is 33.9 Å². The van der Waals surface area contributed by atoms with E-state index < -0.39 is 0 Å². The van der Waals surface area contributed by atoms with Crippen LogP contribution < -0.4 is 5.73 Å². The molecule has 0 aromatic carbocycles. The van der Waals surface area contributed by atoms with Crippen molar-refractivity contribution in [1.82, 2.24) is 4.98 Å². The summed E-state index contributed by atoms with van der Waals surface area (Å²) in [6.07, 6.45) is 0. The van der Waals surface area contributed by atoms with Gasteiger partial charge in [0.2, 0.25) is 0 Å². The van der Waals surface area contributed by atoms with Crippen LogP contribution in [0.4, 0.5) is 0 Å². The summed E-state index contributed by atoms with van der Waals surface area (Å²) in [7, 11) is 0. The van der Waals surface area contributed by atoms with Gasteiger partial charge >= 0.3 is 0 Å². The van der Waals surface area contributed by atoms with Crippen LogP contribution in [0.2, 0.25) is 0 Å². The fourth-order valence-electron chi connectivity index (χ4n) is 0.570. The molecule has 0 unspecified atom stereocenters. The van der Waals surface area contributed by atoms with Gasteiger partial charge in [0.05, 0.1) is 9.88 Å². The van der Waals surface area contributed by atoms with Crippen LogP contribution in [-0.2, 0) is 6.54 Å². The average Bonchev–Trinajstić information content (AvgIpc) is 2.10. The van der Waals surface area contributed by atoms with Gasteiger partial charge in [-0.25, -0.2) is 4.98 Å². The van der Waals surface area contributed by atoms with Gasteiger partial charge in [-0.3, -0.25) is 0 Å². The van der Waals surface area contributed by atoms with Crippen LogP contribution in [0, 0.1) is 10.6 Å². The largest absolute Gasteiger partial charge is 0.326 e. The van der Waals surface area contributed by atoms with Crippen LogP contribution in [0.5, 0.6) is 0 Å². The van der Waals surface area contributed by atoms with E-state index in [4.69, 9.17) is 5.73 Å². The second kappa shape index (κ2) is 2.94. The van der Waals surface area contributed by atoms with E-state index in [1.165, 1.54) is 4.88 Å². The third-order valence-corrected chi connectivity index (χ3v) is 3.19. The quantitative estimate of drug-likeness (QED) is 0.771. The number of aryl methyl sites for hydroxylation is 1. The SMILES string of the molecule is Cc1nc(I)c(CN)s1. The summed E-state index contributed by atoms with van der Waals surface area (Å²) in [5, 5.41) is 1.10. The summed E-state index contributed by atoms with van der Waals surface area (Å²) in [5.74, 6) is 0. The number of hydrogen-bond donors (Lipinski definition) is 1. The molecule has 2 N–H and O–H groups in total. The molecule has 0 spiro atoms. The maximum absolute atomic E-state index is 5.43. The fraction of sp³-hybridized carbons (Fsp3) is 0.400. The molecular formula is C5H7IN2S. The number of halogens is 1. The molecular weight excluding hydrogens is 247 g/mol. The number of rotatable bonds is 1. The normalized spacial score (nSPS) is 10.1. The highest BCUT2D eigenvalue weighted by Crippen LogP contribution is 2.18. The van der Waals surface area contributed by atoms with E-state index >= 15 is 0 Å². The van der Waals surface area contributed by atoms with Crippen LogP contribution in [0.3, 0.4) is 0 Å². The Morgan fingerprint density at radius 2 is 2.44 bits per heavy atom. The monoisotopic (exact) mass is 254 g/mol. The predicted octanol–water partition coefficient (Wildman–Crippen LogP) is 1.51. The first kappa shape index (κ1) is 7.43. The van der Waals surface area contributed by atoms with Crippen molar-refractivity contribution < 1.29 is 0 Å². The van der Waals surface area contributed by atoms with Gasteiger partial charge in [0.15, 0.2) is 0 Å². The molecule has 0 aliphatic carbocycles. The molecule has 0 saturated carbocycles. The minimum Gasteiger partial charge on any atom is -0.326 e. The number of aromatic nitrogens is 1. The molecule has 50 valence electrons. The molecule has 1 aromatic heterocycles. The molecule has 1 aromatic rings. The Bertz CT molecular complexity index is 209. The lowest BCUT2D eigenvalue weighted by atomic mass is 10.6. The maximum Gasteiger partial charge on any atom is 0.117 e. The van der Waals surface area contributed by atoms with Crippen LogP contribution in [0.1, 0.15) is 9.88 Å². The van der Waals surface area contributed by atoms with Crippen molar-refractivity contribution in [3.05, 3.63) is 13.6 Å². The molecule has 2 nitrogen and oxygen atoms in total. The molecule has 1 heterocycles.